The highest BCUT2D eigenvalue weighted by Gasteiger charge is 2.11. The minimum atomic E-state index is -2.63. The highest BCUT2D eigenvalue weighted by atomic mass is 19.3. The number of imidazole rings is 1. The van der Waals surface area contributed by atoms with Crippen molar-refractivity contribution in [3.05, 3.63) is 18.2 Å². The van der Waals surface area contributed by atoms with Crippen molar-refractivity contribution < 1.29 is 18.3 Å². The normalized spacial score (nSPS) is 10.9. The number of hydrogen-bond acceptors (Lipinski definition) is 4. The summed E-state index contributed by atoms with van der Waals surface area (Å²) < 4.78 is 30.4. The average Bonchev–Trinajstić information content (AvgIpc) is 2.78. The van der Waals surface area contributed by atoms with Crippen molar-refractivity contribution >= 4 is 5.91 Å². The molecule has 1 aromatic rings. The zero-order chi connectivity index (χ0) is 13.4. The van der Waals surface area contributed by atoms with Crippen molar-refractivity contribution in [2.24, 2.45) is 0 Å². The molecule has 0 atom stereocenters. The van der Waals surface area contributed by atoms with E-state index in [0.29, 0.717) is 13.2 Å². The second-order valence-corrected chi connectivity index (χ2v) is 3.47. The monoisotopic (exact) mass is 262 g/mol. The summed E-state index contributed by atoms with van der Waals surface area (Å²) in [6.07, 6.45) is 2.49. The van der Waals surface area contributed by atoms with Crippen LogP contribution in [0.1, 0.15) is 12.4 Å². The summed E-state index contributed by atoms with van der Waals surface area (Å²) in [4.78, 5) is 15.0. The maximum Gasteiger partial charge on any atom is 0.319 e. The molecule has 1 heterocycles. The highest BCUT2D eigenvalue weighted by Crippen LogP contribution is 2.11. The number of nitrogens with zero attached hydrogens (tertiary/aromatic N) is 2. The lowest BCUT2D eigenvalue weighted by Gasteiger charge is -2.08. The van der Waals surface area contributed by atoms with Crippen LogP contribution in [0.2, 0.25) is 0 Å². The Morgan fingerprint density at radius 2 is 2.39 bits per heavy atom. The molecule has 0 saturated carbocycles. The molecule has 0 aliphatic heterocycles. The number of carbonyl (C=O) groups excluding carboxylic acids is 1. The largest absolute Gasteiger partial charge is 0.383 e. The Morgan fingerprint density at radius 1 is 1.61 bits per heavy atom. The third-order valence-corrected chi connectivity index (χ3v) is 2.16. The first-order valence-electron chi connectivity index (χ1n) is 5.41. The topological polar surface area (TPSA) is 68.2 Å². The fourth-order valence-electron chi connectivity index (χ4n) is 1.30. The molecule has 0 unspecified atom stereocenters. The Hall–Kier alpha value is -1.54. The summed E-state index contributed by atoms with van der Waals surface area (Å²) in [6.45, 7) is -1.63. The minimum absolute atomic E-state index is 0.0415. The lowest BCUT2D eigenvalue weighted by molar-refractivity contribution is -0.120. The molecule has 0 radical (unpaired) electrons. The number of rotatable bonds is 8. The van der Waals surface area contributed by atoms with Gasteiger partial charge >= 0.3 is 6.55 Å². The van der Waals surface area contributed by atoms with E-state index in [9.17, 15) is 13.6 Å². The van der Waals surface area contributed by atoms with Gasteiger partial charge < -0.3 is 15.4 Å². The fraction of sp³-hybridized carbons (Fsp3) is 0.600. The second-order valence-electron chi connectivity index (χ2n) is 3.47. The molecule has 1 rings (SSSR count). The fourth-order valence-corrected chi connectivity index (χ4v) is 1.30. The van der Waals surface area contributed by atoms with Gasteiger partial charge in [0.25, 0.3) is 0 Å². The number of aromatic nitrogens is 2. The van der Waals surface area contributed by atoms with Crippen LogP contribution in [0, 0.1) is 0 Å². The predicted molar refractivity (Wildman–Crippen MR) is 60.1 cm³/mol. The van der Waals surface area contributed by atoms with E-state index < -0.39 is 6.55 Å². The van der Waals surface area contributed by atoms with Crippen molar-refractivity contribution in [3.8, 4) is 0 Å². The Bertz CT molecular complexity index is 371. The standard InChI is InChI=1S/C10H16F2N4O2/c1-18-5-3-15-9(17)7-13-6-8-14-2-4-16(8)10(11)12/h2,4,10,13H,3,5-7H2,1H3,(H,15,17). The minimum Gasteiger partial charge on any atom is -0.383 e. The van der Waals surface area contributed by atoms with Gasteiger partial charge in [0.2, 0.25) is 5.91 Å². The van der Waals surface area contributed by atoms with Gasteiger partial charge in [-0.25, -0.2) is 4.98 Å². The van der Waals surface area contributed by atoms with E-state index >= 15 is 0 Å². The molecule has 8 heteroatoms. The van der Waals surface area contributed by atoms with Crippen LogP contribution >= 0.6 is 0 Å². The van der Waals surface area contributed by atoms with Gasteiger partial charge in [0.1, 0.15) is 5.82 Å². The van der Waals surface area contributed by atoms with Gasteiger partial charge in [0.15, 0.2) is 0 Å². The number of hydrogen-bond donors (Lipinski definition) is 2. The quantitative estimate of drug-likeness (QED) is 0.653. The summed E-state index contributed by atoms with van der Waals surface area (Å²) in [6, 6.07) is 0. The van der Waals surface area contributed by atoms with Crippen LogP contribution in [-0.2, 0) is 16.1 Å². The van der Waals surface area contributed by atoms with E-state index in [-0.39, 0.29) is 24.8 Å². The van der Waals surface area contributed by atoms with Crippen LogP contribution in [0.5, 0.6) is 0 Å². The zero-order valence-electron chi connectivity index (χ0n) is 10.0. The SMILES string of the molecule is COCCNC(=O)CNCc1nccn1C(F)F. The first kappa shape index (κ1) is 14.5. The molecule has 6 nitrogen and oxygen atoms in total. The summed E-state index contributed by atoms with van der Waals surface area (Å²) in [7, 11) is 1.54. The van der Waals surface area contributed by atoms with Gasteiger partial charge in [0, 0.05) is 26.0 Å². The number of amides is 1. The lowest BCUT2D eigenvalue weighted by Crippen LogP contribution is -2.35. The van der Waals surface area contributed by atoms with Crippen LogP contribution < -0.4 is 10.6 Å². The molecule has 1 aromatic heterocycles. The maximum atomic E-state index is 12.5. The van der Waals surface area contributed by atoms with E-state index in [0.717, 1.165) is 4.57 Å². The number of ether oxygens (including phenoxy) is 1. The summed E-state index contributed by atoms with van der Waals surface area (Å²) in [5.74, 6) is -0.0307. The Kier molecular flexibility index (Phi) is 6.23. The molecule has 0 aromatic carbocycles. The maximum absolute atomic E-state index is 12.5. The van der Waals surface area contributed by atoms with Crippen molar-refractivity contribution in [3.63, 3.8) is 0 Å². The van der Waals surface area contributed by atoms with Crippen LogP contribution in [0.4, 0.5) is 8.78 Å². The number of nitrogens with one attached hydrogen (secondary N) is 2. The van der Waals surface area contributed by atoms with Crippen LogP contribution in [-0.4, -0.2) is 42.3 Å². The molecule has 0 bridgehead atoms. The van der Waals surface area contributed by atoms with Crippen molar-refractivity contribution in [2.75, 3.05) is 26.8 Å². The van der Waals surface area contributed by atoms with Crippen molar-refractivity contribution in [1.29, 1.82) is 0 Å². The molecule has 1 amide bonds. The molecule has 0 aliphatic carbocycles. The molecular formula is C10H16F2N4O2. The summed E-state index contributed by atoms with van der Waals surface area (Å²) in [5.41, 5.74) is 0. The molecule has 0 spiro atoms. The van der Waals surface area contributed by atoms with Gasteiger partial charge in [-0.1, -0.05) is 0 Å². The van der Waals surface area contributed by atoms with Crippen LogP contribution in [0.25, 0.3) is 0 Å². The lowest BCUT2D eigenvalue weighted by atomic mass is 10.5. The van der Waals surface area contributed by atoms with Crippen molar-refractivity contribution in [1.82, 2.24) is 20.2 Å². The summed E-state index contributed by atoms with van der Waals surface area (Å²) >= 11 is 0. The number of alkyl halides is 2. The number of methoxy groups -OCH3 is 1. The van der Waals surface area contributed by atoms with E-state index in [2.05, 4.69) is 15.6 Å². The highest BCUT2D eigenvalue weighted by molar-refractivity contribution is 5.77. The third kappa shape index (κ3) is 4.76. The first-order valence-corrected chi connectivity index (χ1v) is 5.41. The van der Waals surface area contributed by atoms with Gasteiger partial charge in [-0.05, 0) is 0 Å². The average molecular weight is 262 g/mol. The Balaban J connectivity index is 2.24. The van der Waals surface area contributed by atoms with Crippen molar-refractivity contribution in [2.45, 2.75) is 13.1 Å². The molecule has 0 aliphatic rings. The molecule has 18 heavy (non-hydrogen) atoms. The Morgan fingerprint density at radius 3 is 3.06 bits per heavy atom. The number of halogens is 2. The zero-order valence-corrected chi connectivity index (χ0v) is 10.0. The molecule has 0 fully saturated rings. The molecule has 2 N–H and O–H groups in total. The van der Waals surface area contributed by atoms with E-state index in [1.807, 2.05) is 0 Å². The molecule has 0 saturated heterocycles. The van der Waals surface area contributed by atoms with E-state index in [1.54, 1.807) is 0 Å². The molecule has 102 valence electrons. The second kappa shape index (κ2) is 7.72. The van der Waals surface area contributed by atoms with Gasteiger partial charge in [0.05, 0.1) is 19.7 Å². The van der Waals surface area contributed by atoms with E-state index in [4.69, 9.17) is 4.74 Å². The summed E-state index contributed by atoms with van der Waals surface area (Å²) in [5, 5.41) is 5.34. The van der Waals surface area contributed by atoms with Crippen LogP contribution in [0.3, 0.4) is 0 Å². The van der Waals surface area contributed by atoms with Crippen LogP contribution in [0.15, 0.2) is 12.4 Å². The smallest absolute Gasteiger partial charge is 0.319 e. The Labute approximate surface area is 103 Å². The predicted octanol–water partition coefficient (Wildman–Crippen LogP) is 0.130. The first-order chi connectivity index (χ1) is 8.65. The van der Waals surface area contributed by atoms with Gasteiger partial charge in [-0.3, -0.25) is 9.36 Å². The number of carbonyl (C=O) groups is 1. The van der Waals surface area contributed by atoms with Gasteiger partial charge in [-0.2, -0.15) is 8.78 Å². The van der Waals surface area contributed by atoms with Gasteiger partial charge in [-0.15, -0.1) is 0 Å². The third-order valence-electron chi connectivity index (χ3n) is 2.16. The van der Waals surface area contributed by atoms with E-state index in [1.165, 1.54) is 19.5 Å². The molecular weight excluding hydrogens is 246 g/mol.